The van der Waals surface area contributed by atoms with Gasteiger partial charge in [-0.15, -0.1) is 0 Å². The standard InChI is InChI=1S/C19H14Cl2N2O3S/c1-2-26-18(25)16-15(11-6-4-3-5-7-11)22-19(27-16)23-17(24)13-9-8-12(20)10-14(13)21/h3-10H,2H2,1H3,(H,22,23,24). The van der Waals surface area contributed by atoms with Gasteiger partial charge in [-0.25, -0.2) is 9.78 Å². The summed E-state index contributed by atoms with van der Waals surface area (Å²) in [6, 6.07) is 13.8. The molecule has 0 aliphatic rings. The van der Waals surface area contributed by atoms with Gasteiger partial charge in [0.05, 0.1) is 22.9 Å². The number of halogens is 2. The summed E-state index contributed by atoms with van der Waals surface area (Å²) >= 11 is 13.0. The summed E-state index contributed by atoms with van der Waals surface area (Å²) in [5, 5.41) is 3.61. The van der Waals surface area contributed by atoms with Crippen molar-refractivity contribution in [1.29, 1.82) is 0 Å². The number of esters is 1. The van der Waals surface area contributed by atoms with E-state index in [2.05, 4.69) is 10.3 Å². The Morgan fingerprint density at radius 1 is 1.15 bits per heavy atom. The molecular formula is C19H14Cl2N2O3S. The van der Waals surface area contributed by atoms with Crippen LogP contribution in [0.1, 0.15) is 27.0 Å². The number of aromatic nitrogens is 1. The fourth-order valence-corrected chi connectivity index (χ4v) is 3.71. The van der Waals surface area contributed by atoms with Crippen LogP contribution in [-0.2, 0) is 4.74 Å². The number of carbonyl (C=O) groups excluding carboxylic acids is 2. The van der Waals surface area contributed by atoms with E-state index in [9.17, 15) is 9.59 Å². The van der Waals surface area contributed by atoms with Crippen molar-refractivity contribution in [1.82, 2.24) is 4.98 Å². The maximum atomic E-state index is 12.5. The van der Waals surface area contributed by atoms with Crippen molar-refractivity contribution < 1.29 is 14.3 Å². The summed E-state index contributed by atoms with van der Waals surface area (Å²) in [7, 11) is 0. The Labute approximate surface area is 169 Å². The molecule has 0 spiro atoms. The number of ether oxygens (including phenoxy) is 1. The van der Waals surface area contributed by atoms with E-state index in [1.165, 1.54) is 12.1 Å². The van der Waals surface area contributed by atoms with Gasteiger partial charge in [0.25, 0.3) is 5.91 Å². The van der Waals surface area contributed by atoms with Gasteiger partial charge in [-0.1, -0.05) is 64.9 Å². The smallest absolute Gasteiger partial charge is 0.350 e. The molecule has 3 aromatic rings. The number of carbonyl (C=O) groups is 2. The van der Waals surface area contributed by atoms with Gasteiger partial charge in [0.2, 0.25) is 0 Å². The van der Waals surface area contributed by atoms with Gasteiger partial charge in [-0.05, 0) is 25.1 Å². The fraction of sp³-hybridized carbons (Fsp3) is 0.105. The van der Waals surface area contributed by atoms with E-state index in [1.807, 2.05) is 30.3 Å². The van der Waals surface area contributed by atoms with Crippen molar-refractivity contribution in [3.05, 3.63) is 69.0 Å². The van der Waals surface area contributed by atoms with E-state index < -0.39 is 11.9 Å². The number of anilines is 1. The van der Waals surface area contributed by atoms with Crippen LogP contribution in [0, 0.1) is 0 Å². The molecule has 8 heteroatoms. The number of hydrogen-bond acceptors (Lipinski definition) is 5. The Morgan fingerprint density at radius 3 is 2.56 bits per heavy atom. The second kappa shape index (κ2) is 8.52. The Balaban J connectivity index is 1.94. The third-order valence-electron chi connectivity index (χ3n) is 3.53. The van der Waals surface area contributed by atoms with E-state index in [-0.39, 0.29) is 22.3 Å². The molecule has 2 aromatic carbocycles. The SMILES string of the molecule is CCOC(=O)c1sc(NC(=O)c2ccc(Cl)cc2Cl)nc1-c1ccccc1. The van der Waals surface area contributed by atoms with Crippen molar-refractivity contribution >= 4 is 51.5 Å². The van der Waals surface area contributed by atoms with Gasteiger partial charge in [0.15, 0.2) is 5.13 Å². The quantitative estimate of drug-likeness (QED) is 0.549. The van der Waals surface area contributed by atoms with E-state index in [4.69, 9.17) is 27.9 Å². The van der Waals surface area contributed by atoms with Crippen molar-refractivity contribution in [2.75, 3.05) is 11.9 Å². The highest BCUT2D eigenvalue weighted by Gasteiger charge is 2.22. The van der Waals surface area contributed by atoms with E-state index >= 15 is 0 Å². The third-order valence-corrected chi connectivity index (χ3v) is 5.03. The molecule has 1 N–H and O–H groups in total. The highest BCUT2D eigenvalue weighted by atomic mass is 35.5. The van der Waals surface area contributed by atoms with E-state index in [1.54, 1.807) is 13.0 Å². The highest BCUT2D eigenvalue weighted by molar-refractivity contribution is 7.18. The first-order chi connectivity index (χ1) is 13.0. The fourth-order valence-electron chi connectivity index (χ4n) is 2.34. The summed E-state index contributed by atoms with van der Waals surface area (Å²) < 4.78 is 5.11. The minimum atomic E-state index is -0.487. The lowest BCUT2D eigenvalue weighted by Crippen LogP contribution is -2.12. The zero-order valence-corrected chi connectivity index (χ0v) is 16.5. The monoisotopic (exact) mass is 420 g/mol. The predicted octanol–water partition coefficient (Wildman–Crippen LogP) is 5.55. The van der Waals surface area contributed by atoms with Crippen molar-refractivity contribution in [3.63, 3.8) is 0 Å². The Kier molecular flexibility index (Phi) is 6.11. The second-order valence-electron chi connectivity index (χ2n) is 5.36. The van der Waals surface area contributed by atoms with Crippen LogP contribution in [0.15, 0.2) is 48.5 Å². The molecule has 0 saturated carbocycles. The van der Waals surface area contributed by atoms with Gasteiger partial charge < -0.3 is 4.74 Å². The first-order valence-electron chi connectivity index (χ1n) is 7.99. The van der Waals surface area contributed by atoms with Crippen LogP contribution >= 0.6 is 34.5 Å². The lowest BCUT2D eigenvalue weighted by molar-refractivity contribution is 0.0532. The van der Waals surface area contributed by atoms with Gasteiger partial charge in [-0.2, -0.15) is 0 Å². The Hall–Kier alpha value is -2.41. The predicted molar refractivity (Wildman–Crippen MR) is 108 cm³/mol. The number of amides is 1. The first kappa shape index (κ1) is 19.4. The molecule has 1 heterocycles. The summed E-state index contributed by atoms with van der Waals surface area (Å²) in [6.45, 7) is 1.97. The molecule has 0 saturated heterocycles. The Bertz CT molecular complexity index is 990. The first-order valence-corrected chi connectivity index (χ1v) is 9.56. The molecule has 0 aliphatic carbocycles. The van der Waals surface area contributed by atoms with Crippen LogP contribution in [0.5, 0.6) is 0 Å². The van der Waals surface area contributed by atoms with Crippen molar-refractivity contribution in [2.24, 2.45) is 0 Å². The molecule has 138 valence electrons. The average molecular weight is 421 g/mol. The summed E-state index contributed by atoms with van der Waals surface area (Å²) in [5.41, 5.74) is 1.47. The second-order valence-corrected chi connectivity index (χ2v) is 7.20. The summed E-state index contributed by atoms with van der Waals surface area (Å²) in [5.74, 6) is -0.931. The minimum Gasteiger partial charge on any atom is -0.462 e. The molecule has 0 fully saturated rings. The minimum absolute atomic E-state index is 0.227. The van der Waals surface area contributed by atoms with Gasteiger partial charge in [0, 0.05) is 10.6 Å². The molecule has 0 bridgehead atoms. The molecule has 0 atom stereocenters. The number of nitrogens with zero attached hydrogens (tertiary/aromatic N) is 1. The molecule has 27 heavy (non-hydrogen) atoms. The van der Waals surface area contributed by atoms with Crippen molar-refractivity contribution in [3.8, 4) is 11.3 Å². The van der Waals surface area contributed by atoms with Crippen LogP contribution in [-0.4, -0.2) is 23.5 Å². The normalized spacial score (nSPS) is 10.5. The molecule has 0 radical (unpaired) electrons. The maximum Gasteiger partial charge on any atom is 0.350 e. The summed E-state index contributed by atoms with van der Waals surface area (Å²) in [4.78, 5) is 29.5. The molecule has 5 nitrogen and oxygen atoms in total. The van der Waals surface area contributed by atoms with E-state index in [0.29, 0.717) is 15.6 Å². The molecule has 1 amide bonds. The van der Waals surface area contributed by atoms with E-state index in [0.717, 1.165) is 16.9 Å². The number of hydrogen-bond donors (Lipinski definition) is 1. The lowest BCUT2D eigenvalue weighted by atomic mass is 10.1. The van der Waals surface area contributed by atoms with Crippen LogP contribution in [0.25, 0.3) is 11.3 Å². The number of benzene rings is 2. The highest BCUT2D eigenvalue weighted by Crippen LogP contribution is 2.32. The molecule has 1 aromatic heterocycles. The lowest BCUT2D eigenvalue weighted by Gasteiger charge is -2.04. The van der Waals surface area contributed by atoms with Crippen LogP contribution in [0.3, 0.4) is 0 Å². The molecule has 0 unspecified atom stereocenters. The average Bonchev–Trinajstić information content (AvgIpc) is 3.06. The number of rotatable bonds is 5. The van der Waals surface area contributed by atoms with Gasteiger partial charge in [-0.3, -0.25) is 10.1 Å². The number of nitrogens with one attached hydrogen (secondary N) is 1. The van der Waals surface area contributed by atoms with Gasteiger partial charge in [0.1, 0.15) is 4.88 Å². The van der Waals surface area contributed by atoms with Crippen LogP contribution in [0.2, 0.25) is 10.0 Å². The molecule has 3 rings (SSSR count). The van der Waals surface area contributed by atoms with Crippen molar-refractivity contribution in [2.45, 2.75) is 6.92 Å². The third kappa shape index (κ3) is 4.47. The zero-order valence-electron chi connectivity index (χ0n) is 14.2. The maximum absolute atomic E-state index is 12.5. The largest absolute Gasteiger partial charge is 0.462 e. The zero-order chi connectivity index (χ0) is 19.4. The van der Waals surface area contributed by atoms with Gasteiger partial charge >= 0.3 is 5.97 Å². The number of thiazole rings is 1. The topological polar surface area (TPSA) is 68.3 Å². The Morgan fingerprint density at radius 2 is 1.89 bits per heavy atom. The van der Waals surface area contributed by atoms with Crippen LogP contribution < -0.4 is 5.32 Å². The molecular weight excluding hydrogens is 407 g/mol. The molecule has 0 aliphatic heterocycles. The van der Waals surface area contributed by atoms with Crippen LogP contribution in [0.4, 0.5) is 5.13 Å². The summed E-state index contributed by atoms with van der Waals surface area (Å²) in [6.07, 6.45) is 0.